The molecule has 1 rings (SSSR count). The number of Topliss-reactive ketones (excluding diaryl/α,β-unsaturated/α-hetero) is 1. The summed E-state index contributed by atoms with van der Waals surface area (Å²) >= 11 is 5.64. The van der Waals surface area contributed by atoms with Crippen LogP contribution >= 0.6 is 11.6 Å². The summed E-state index contributed by atoms with van der Waals surface area (Å²) in [6.07, 6.45) is 1.08. The zero-order chi connectivity index (χ0) is 14.6. The van der Waals surface area contributed by atoms with Gasteiger partial charge < -0.3 is 9.47 Å². The normalized spacial score (nSPS) is 11.6. The maximum atomic E-state index is 11.7. The van der Waals surface area contributed by atoms with Crippen LogP contribution in [0.15, 0.2) is 6.07 Å². The zero-order valence-corrected chi connectivity index (χ0v) is 13.4. The first-order chi connectivity index (χ1) is 8.88. The molecule has 108 valence electrons. The number of carbonyl (C=O) groups excluding carboxylic acids is 1. The van der Waals surface area contributed by atoms with Crippen molar-refractivity contribution in [1.82, 2.24) is 9.47 Å². The third kappa shape index (κ3) is 4.08. The van der Waals surface area contributed by atoms with E-state index < -0.39 is 0 Å². The van der Waals surface area contributed by atoms with Crippen LogP contribution in [-0.4, -0.2) is 40.8 Å². The van der Waals surface area contributed by atoms with E-state index >= 15 is 0 Å². The fourth-order valence-corrected chi connectivity index (χ4v) is 2.38. The fraction of sp³-hybridized carbons (Fsp3) is 0.667. The maximum Gasteiger partial charge on any atom is 0.179 e. The van der Waals surface area contributed by atoms with Gasteiger partial charge in [0.25, 0.3) is 0 Å². The summed E-state index contributed by atoms with van der Waals surface area (Å²) in [6.45, 7) is 10.5. The highest BCUT2D eigenvalue weighted by molar-refractivity contribution is 6.30. The Morgan fingerprint density at radius 3 is 2.58 bits per heavy atom. The topological polar surface area (TPSA) is 25.2 Å². The molecule has 1 aromatic rings. The Bertz CT molecular complexity index is 438. The summed E-state index contributed by atoms with van der Waals surface area (Å²) < 4.78 is 2.22. The van der Waals surface area contributed by atoms with E-state index in [0.717, 1.165) is 36.5 Å². The minimum absolute atomic E-state index is 0.0142. The number of aromatic nitrogens is 1. The highest BCUT2D eigenvalue weighted by Crippen LogP contribution is 2.17. The minimum Gasteiger partial charge on any atom is -0.348 e. The van der Waals surface area contributed by atoms with Crippen LogP contribution in [0.1, 0.15) is 42.0 Å². The molecule has 0 radical (unpaired) electrons. The van der Waals surface area contributed by atoms with Crippen LogP contribution in [0.5, 0.6) is 0 Å². The molecule has 0 fully saturated rings. The van der Waals surface area contributed by atoms with Crippen molar-refractivity contribution in [1.29, 1.82) is 0 Å². The third-order valence-corrected chi connectivity index (χ3v) is 4.01. The van der Waals surface area contributed by atoms with Crippen molar-refractivity contribution in [3.05, 3.63) is 23.0 Å². The lowest BCUT2D eigenvalue weighted by molar-refractivity contribution is 0.102. The van der Waals surface area contributed by atoms with Crippen LogP contribution in [0, 0.1) is 13.8 Å². The van der Waals surface area contributed by atoms with Gasteiger partial charge in [0.2, 0.25) is 0 Å². The fourth-order valence-electron chi connectivity index (χ4n) is 2.24. The van der Waals surface area contributed by atoms with Crippen LogP contribution in [0.4, 0.5) is 0 Å². The Morgan fingerprint density at radius 2 is 2.05 bits per heavy atom. The van der Waals surface area contributed by atoms with Crippen molar-refractivity contribution in [2.24, 2.45) is 0 Å². The summed E-state index contributed by atoms with van der Waals surface area (Å²) in [5, 5.41) is 0. The summed E-state index contributed by atoms with van der Waals surface area (Å²) in [6, 6.07) is 2.52. The highest BCUT2D eigenvalue weighted by Gasteiger charge is 2.14. The Morgan fingerprint density at radius 1 is 1.42 bits per heavy atom. The molecule has 19 heavy (non-hydrogen) atoms. The Hall–Kier alpha value is -0.800. The molecule has 3 nitrogen and oxygen atoms in total. The molecule has 1 aromatic heterocycles. The van der Waals surface area contributed by atoms with Crippen molar-refractivity contribution >= 4 is 17.4 Å². The quantitative estimate of drug-likeness (QED) is 0.567. The molecular weight excluding hydrogens is 260 g/mol. The molecule has 1 heterocycles. The van der Waals surface area contributed by atoms with E-state index in [1.807, 2.05) is 19.9 Å². The van der Waals surface area contributed by atoms with Crippen LogP contribution in [-0.2, 0) is 6.54 Å². The van der Waals surface area contributed by atoms with Gasteiger partial charge in [0.05, 0.1) is 5.88 Å². The number of nitrogens with zero attached hydrogens (tertiary/aromatic N) is 2. The zero-order valence-electron chi connectivity index (χ0n) is 12.7. The molecule has 0 N–H and O–H groups in total. The van der Waals surface area contributed by atoms with Gasteiger partial charge in [0.15, 0.2) is 5.78 Å². The van der Waals surface area contributed by atoms with E-state index in [0.29, 0.717) is 6.04 Å². The molecule has 0 amide bonds. The number of hydrogen-bond acceptors (Lipinski definition) is 2. The number of ketones is 1. The van der Waals surface area contributed by atoms with Gasteiger partial charge in [-0.15, -0.1) is 11.6 Å². The smallest absolute Gasteiger partial charge is 0.179 e. The van der Waals surface area contributed by atoms with Crippen LogP contribution in [0.25, 0.3) is 0 Å². The van der Waals surface area contributed by atoms with Gasteiger partial charge in [-0.3, -0.25) is 4.79 Å². The standard InChI is InChI=1S/C15H25ClN2O/c1-11(2)17(5)7-6-8-18-12(3)9-14(13(18)4)15(19)10-16/h9,11H,6-8,10H2,1-5H3. The number of rotatable bonds is 7. The van der Waals surface area contributed by atoms with Crippen LogP contribution in [0.3, 0.4) is 0 Å². The Labute approximate surface area is 121 Å². The van der Waals surface area contributed by atoms with Gasteiger partial charge in [0.1, 0.15) is 0 Å². The molecular formula is C15H25ClN2O. The molecule has 4 heteroatoms. The van der Waals surface area contributed by atoms with Crippen molar-refractivity contribution in [3.8, 4) is 0 Å². The van der Waals surface area contributed by atoms with Crippen LogP contribution in [0.2, 0.25) is 0 Å². The predicted molar refractivity (Wildman–Crippen MR) is 81.3 cm³/mol. The third-order valence-electron chi connectivity index (χ3n) is 3.77. The number of aryl methyl sites for hydroxylation is 1. The first-order valence-electron chi connectivity index (χ1n) is 6.84. The second-order valence-electron chi connectivity index (χ2n) is 5.42. The lowest BCUT2D eigenvalue weighted by Crippen LogP contribution is -2.28. The first kappa shape index (κ1) is 16.3. The van der Waals surface area contributed by atoms with Gasteiger partial charge >= 0.3 is 0 Å². The molecule has 0 aliphatic carbocycles. The summed E-state index contributed by atoms with van der Waals surface area (Å²) in [4.78, 5) is 14.0. The lowest BCUT2D eigenvalue weighted by atomic mass is 10.2. The van der Waals surface area contributed by atoms with E-state index in [2.05, 4.69) is 30.4 Å². The molecule has 0 unspecified atom stereocenters. The minimum atomic E-state index is 0.0142. The van der Waals surface area contributed by atoms with Crippen molar-refractivity contribution in [2.75, 3.05) is 19.5 Å². The molecule has 0 aliphatic heterocycles. The number of alkyl halides is 1. The molecule has 0 aromatic carbocycles. The average molecular weight is 285 g/mol. The molecule has 0 aliphatic rings. The molecule has 0 saturated carbocycles. The SMILES string of the molecule is Cc1cc(C(=O)CCl)c(C)n1CCCN(C)C(C)C. The van der Waals surface area contributed by atoms with Gasteiger partial charge in [-0.2, -0.15) is 0 Å². The monoisotopic (exact) mass is 284 g/mol. The Balaban J connectivity index is 2.69. The first-order valence-corrected chi connectivity index (χ1v) is 7.38. The maximum absolute atomic E-state index is 11.7. The number of carbonyl (C=O) groups is 1. The molecule has 0 atom stereocenters. The van der Waals surface area contributed by atoms with E-state index in [9.17, 15) is 4.79 Å². The second kappa shape index (κ2) is 7.11. The van der Waals surface area contributed by atoms with Crippen molar-refractivity contribution in [2.45, 2.75) is 46.7 Å². The Kier molecular flexibility index (Phi) is 6.08. The van der Waals surface area contributed by atoms with Gasteiger partial charge in [-0.1, -0.05) is 0 Å². The van der Waals surface area contributed by atoms with Gasteiger partial charge in [-0.05, 0) is 53.8 Å². The highest BCUT2D eigenvalue weighted by atomic mass is 35.5. The molecule has 0 saturated heterocycles. The number of hydrogen-bond donors (Lipinski definition) is 0. The van der Waals surface area contributed by atoms with E-state index in [4.69, 9.17) is 11.6 Å². The van der Waals surface area contributed by atoms with Crippen LogP contribution < -0.4 is 0 Å². The van der Waals surface area contributed by atoms with E-state index in [-0.39, 0.29) is 11.7 Å². The van der Waals surface area contributed by atoms with Crippen molar-refractivity contribution in [3.63, 3.8) is 0 Å². The van der Waals surface area contributed by atoms with E-state index in [1.165, 1.54) is 0 Å². The summed E-state index contributed by atoms with van der Waals surface area (Å²) in [5.74, 6) is 0.0701. The molecule has 0 spiro atoms. The predicted octanol–water partition coefficient (Wildman–Crippen LogP) is 3.26. The average Bonchev–Trinajstić information content (AvgIpc) is 2.65. The summed E-state index contributed by atoms with van der Waals surface area (Å²) in [5.41, 5.74) is 2.94. The van der Waals surface area contributed by atoms with Crippen molar-refractivity contribution < 1.29 is 4.79 Å². The number of halogens is 1. The second-order valence-corrected chi connectivity index (χ2v) is 5.69. The van der Waals surface area contributed by atoms with E-state index in [1.54, 1.807) is 0 Å². The summed E-state index contributed by atoms with van der Waals surface area (Å²) in [7, 11) is 2.14. The lowest BCUT2D eigenvalue weighted by Gasteiger charge is -2.21. The van der Waals surface area contributed by atoms with Gasteiger partial charge in [0, 0.05) is 29.5 Å². The largest absolute Gasteiger partial charge is 0.348 e. The molecule has 0 bridgehead atoms. The van der Waals surface area contributed by atoms with Gasteiger partial charge in [-0.25, -0.2) is 0 Å².